The summed E-state index contributed by atoms with van der Waals surface area (Å²) >= 11 is 0. The topological polar surface area (TPSA) is 67.9 Å². The third-order valence-corrected chi connectivity index (χ3v) is 4.69. The van der Waals surface area contributed by atoms with E-state index < -0.39 is 12.1 Å². The minimum atomic E-state index is -0.755. The molecule has 1 saturated heterocycles. The van der Waals surface area contributed by atoms with Crippen molar-refractivity contribution in [3.05, 3.63) is 65.7 Å². The average molecular weight is 382 g/mol. The molecular formula is C22H26N2O4. The number of amides is 2. The van der Waals surface area contributed by atoms with E-state index in [4.69, 9.17) is 9.47 Å². The van der Waals surface area contributed by atoms with Crippen molar-refractivity contribution in [1.29, 1.82) is 0 Å². The van der Waals surface area contributed by atoms with Crippen LogP contribution in [-0.4, -0.2) is 42.6 Å². The van der Waals surface area contributed by atoms with Gasteiger partial charge in [0.25, 0.3) is 5.91 Å². The molecule has 0 aromatic heterocycles. The van der Waals surface area contributed by atoms with Crippen LogP contribution in [0.15, 0.2) is 54.6 Å². The highest BCUT2D eigenvalue weighted by Crippen LogP contribution is 2.25. The molecule has 2 aromatic rings. The zero-order chi connectivity index (χ0) is 19.9. The van der Waals surface area contributed by atoms with Crippen LogP contribution in [0.1, 0.15) is 31.0 Å². The van der Waals surface area contributed by atoms with Gasteiger partial charge < -0.3 is 19.7 Å². The van der Waals surface area contributed by atoms with Gasteiger partial charge in [-0.1, -0.05) is 42.5 Å². The number of morpholine rings is 1. The van der Waals surface area contributed by atoms with Crippen LogP contribution >= 0.6 is 0 Å². The number of carbonyl (C=O) groups is 2. The van der Waals surface area contributed by atoms with Crippen molar-refractivity contribution in [2.75, 3.05) is 19.8 Å². The Morgan fingerprint density at radius 1 is 1.18 bits per heavy atom. The summed E-state index contributed by atoms with van der Waals surface area (Å²) in [7, 11) is 0. The molecule has 0 radical (unpaired) electrons. The summed E-state index contributed by atoms with van der Waals surface area (Å²) in [5.41, 5.74) is 1.83. The molecule has 2 amide bonds. The molecule has 3 rings (SSSR count). The van der Waals surface area contributed by atoms with E-state index in [2.05, 4.69) is 5.32 Å². The minimum absolute atomic E-state index is 0.114. The first-order valence-electron chi connectivity index (χ1n) is 9.58. The average Bonchev–Trinajstić information content (AvgIpc) is 2.72. The molecule has 0 unspecified atom stereocenters. The predicted molar refractivity (Wildman–Crippen MR) is 106 cm³/mol. The lowest BCUT2D eigenvalue weighted by atomic mass is 9.98. The second kappa shape index (κ2) is 9.37. The van der Waals surface area contributed by atoms with Gasteiger partial charge >= 0.3 is 0 Å². The van der Waals surface area contributed by atoms with Crippen LogP contribution in [0.5, 0.6) is 5.75 Å². The largest absolute Gasteiger partial charge is 0.494 e. The molecule has 6 heteroatoms. The lowest BCUT2D eigenvalue weighted by molar-refractivity contribution is -0.155. The summed E-state index contributed by atoms with van der Waals surface area (Å²) < 4.78 is 11.2. The van der Waals surface area contributed by atoms with Gasteiger partial charge in [0.2, 0.25) is 5.91 Å². The maximum atomic E-state index is 13.3. The Morgan fingerprint density at radius 2 is 1.96 bits per heavy atom. The molecule has 148 valence electrons. The lowest BCUT2D eigenvalue weighted by Gasteiger charge is -2.35. The fourth-order valence-corrected chi connectivity index (χ4v) is 3.33. The molecule has 1 heterocycles. The number of hydrogen-bond donors (Lipinski definition) is 1. The van der Waals surface area contributed by atoms with Gasteiger partial charge in [-0.05, 0) is 37.1 Å². The molecule has 0 aliphatic carbocycles. The van der Waals surface area contributed by atoms with Crippen LogP contribution in [0.25, 0.3) is 0 Å². The van der Waals surface area contributed by atoms with Crippen molar-refractivity contribution in [3.63, 3.8) is 0 Å². The Kier molecular flexibility index (Phi) is 6.66. The molecule has 6 nitrogen and oxygen atoms in total. The maximum absolute atomic E-state index is 13.3. The molecule has 0 saturated carbocycles. The Morgan fingerprint density at radius 3 is 2.68 bits per heavy atom. The molecule has 2 atom stereocenters. The third-order valence-electron chi connectivity index (χ3n) is 4.69. The number of nitrogens with zero attached hydrogens (tertiary/aromatic N) is 1. The molecule has 28 heavy (non-hydrogen) atoms. The zero-order valence-electron chi connectivity index (χ0n) is 16.3. The molecule has 1 aliphatic heterocycles. The van der Waals surface area contributed by atoms with Crippen LogP contribution < -0.4 is 10.1 Å². The number of carbonyl (C=O) groups excluding carboxylic acids is 2. The number of ether oxygens (including phenoxy) is 2. The van der Waals surface area contributed by atoms with Gasteiger partial charge in [-0.3, -0.25) is 9.59 Å². The Hall–Kier alpha value is -2.86. The van der Waals surface area contributed by atoms with E-state index in [1.54, 1.807) is 4.90 Å². The van der Waals surface area contributed by atoms with Gasteiger partial charge in [-0.25, -0.2) is 0 Å². The first kappa shape index (κ1) is 19.9. The molecule has 0 bridgehead atoms. The SMILES string of the molecule is CCOc1cccc(CN(CC)C(=O)[C@H]2OCC(=O)N[C@@H]2c2ccccc2)c1. The quantitative estimate of drug-likeness (QED) is 0.800. The van der Waals surface area contributed by atoms with Crippen molar-refractivity contribution in [2.45, 2.75) is 32.5 Å². The van der Waals surface area contributed by atoms with Crippen molar-refractivity contribution < 1.29 is 19.1 Å². The molecule has 1 N–H and O–H groups in total. The first-order chi connectivity index (χ1) is 13.6. The van der Waals surface area contributed by atoms with Gasteiger partial charge in [0.05, 0.1) is 12.6 Å². The van der Waals surface area contributed by atoms with Crippen molar-refractivity contribution >= 4 is 11.8 Å². The minimum Gasteiger partial charge on any atom is -0.494 e. The fraction of sp³-hybridized carbons (Fsp3) is 0.364. The molecule has 2 aromatic carbocycles. The van der Waals surface area contributed by atoms with E-state index >= 15 is 0 Å². The Labute approximate surface area is 165 Å². The highest BCUT2D eigenvalue weighted by Gasteiger charge is 2.38. The summed E-state index contributed by atoms with van der Waals surface area (Å²) in [4.78, 5) is 26.9. The second-order valence-corrected chi connectivity index (χ2v) is 6.62. The second-order valence-electron chi connectivity index (χ2n) is 6.62. The first-order valence-corrected chi connectivity index (χ1v) is 9.58. The van der Waals surface area contributed by atoms with Crippen molar-refractivity contribution in [2.24, 2.45) is 0 Å². The number of nitrogens with one attached hydrogen (secondary N) is 1. The maximum Gasteiger partial charge on any atom is 0.254 e. The molecular weight excluding hydrogens is 356 g/mol. The van der Waals surface area contributed by atoms with Crippen LogP contribution in [0.2, 0.25) is 0 Å². The zero-order valence-corrected chi connectivity index (χ0v) is 16.3. The predicted octanol–water partition coefficient (Wildman–Crippen LogP) is 2.69. The van der Waals surface area contributed by atoms with E-state index in [9.17, 15) is 9.59 Å². The van der Waals surface area contributed by atoms with E-state index in [1.165, 1.54) is 0 Å². The van der Waals surface area contributed by atoms with Crippen molar-refractivity contribution in [1.82, 2.24) is 10.2 Å². The van der Waals surface area contributed by atoms with Crippen LogP contribution in [-0.2, 0) is 20.9 Å². The summed E-state index contributed by atoms with van der Waals surface area (Å²) in [5.74, 6) is 0.426. The fourth-order valence-electron chi connectivity index (χ4n) is 3.33. The normalized spacial score (nSPS) is 19.0. The Bertz CT molecular complexity index is 809. The number of likely N-dealkylation sites (N-methyl/N-ethyl adjacent to an activating group) is 1. The monoisotopic (exact) mass is 382 g/mol. The van der Waals surface area contributed by atoms with E-state index in [1.807, 2.05) is 68.4 Å². The summed E-state index contributed by atoms with van der Waals surface area (Å²) in [5, 5.41) is 2.90. The van der Waals surface area contributed by atoms with Gasteiger partial charge in [-0.15, -0.1) is 0 Å². The summed E-state index contributed by atoms with van der Waals surface area (Å²) in [6.45, 7) is 5.33. The van der Waals surface area contributed by atoms with Gasteiger partial charge in [-0.2, -0.15) is 0 Å². The molecule has 1 fully saturated rings. The van der Waals surface area contributed by atoms with E-state index in [-0.39, 0.29) is 18.4 Å². The number of rotatable bonds is 7. The smallest absolute Gasteiger partial charge is 0.254 e. The highest BCUT2D eigenvalue weighted by atomic mass is 16.5. The van der Waals surface area contributed by atoms with Crippen LogP contribution in [0.4, 0.5) is 0 Å². The molecule has 0 spiro atoms. The van der Waals surface area contributed by atoms with Gasteiger partial charge in [0, 0.05) is 13.1 Å². The standard InChI is InChI=1S/C22H26N2O4/c1-3-24(14-16-9-8-12-18(13-16)27-4-2)22(26)21-20(23-19(25)15-28-21)17-10-6-5-7-11-17/h5-13,20-21H,3-4,14-15H2,1-2H3,(H,23,25)/t20-,21+/m1/s1. The number of benzene rings is 2. The van der Waals surface area contributed by atoms with E-state index in [0.29, 0.717) is 19.7 Å². The lowest BCUT2D eigenvalue weighted by Crippen LogP contribution is -2.53. The van der Waals surface area contributed by atoms with Gasteiger partial charge in [0.15, 0.2) is 6.10 Å². The third kappa shape index (κ3) is 4.70. The highest BCUT2D eigenvalue weighted by molar-refractivity contribution is 5.86. The van der Waals surface area contributed by atoms with Crippen LogP contribution in [0, 0.1) is 0 Å². The van der Waals surface area contributed by atoms with Gasteiger partial charge in [0.1, 0.15) is 12.4 Å². The summed E-state index contributed by atoms with van der Waals surface area (Å²) in [6, 6.07) is 16.7. The number of hydrogen-bond acceptors (Lipinski definition) is 4. The van der Waals surface area contributed by atoms with Crippen molar-refractivity contribution in [3.8, 4) is 5.75 Å². The Balaban J connectivity index is 1.78. The summed E-state index contributed by atoms with van der Waals surface area (Å²) in [6.07, 6.45) is -0.755. The molecule has 1 aliphatic rings. The van der Waals surface area contributed by atoms with Crippen LogP contribution in [0.3, 0.4) is 0 Å². The van der Waals surface area contributed by atoms with E-state index in [0.717, 1.165) is 16.9 Å².